The van der Waals surface area contributed by atoms with E-state index in [0.29, 0.717) is 24.5 Å². The lowest BCUT2D eigenvalue weighted by Gasteiger charge is -2.11. The summed E-state index contributed by atoms with van der Waals surface area (Å²) in [5.41, 5.74) is 1.03. The van der Waals surface area contributed by atoms with Crippen LogP contribution in [0.15, 0.2) is 30.5 Å². The Kier molecular flexibility index (Phi) is 4.52. The van der Waals surface area contributed by atoms with Gasteiger partial charge in [0.25, 0.3) is 5.91 Å². The van der Waals surface area contributed by atoms with Crippen LogP contribution in [0, 0.1) is 0 Å². The highest BCUT2D eigenvalue weighted by atomic mass is 19.4. The van der Waals surface area contributed by atoms with Crippen molar-refractivity contribution in [3.05, 3.63) is 47.5 Å². The van der Waals surface area contributed by atoms with Gasteiger partial charge in [-0.3, -0.25) is 14.2 Å². The standard InChI is InChI=1S/C18H17F3N6O2/c1-26-14(9-15(25-26)18(19,20)21)17(28)23-11-4-6-27-13(11)8-12(24-27)10-3-5-22-16(7-10)29-2/h3,5,7-9,11H,4,6H2,1-2H3,(H,23,28)/t11-/m0/s1. The fourth-order valence-corrected chi connectivity index (χ4v) is 3.31. The zero-order chi connectivity index (χ0) is 20.8. The van der Waals surface area contributed by atoms with Crippen LogP contribution in [0.2, 0.25) is 0 Å². The molecule has 11 heteroatoms. The van der Waals surface area contributed by atoms with Gasteiger partial charge in [-0.05, 0) is 18.6 Å². The summed E-state index contributed by atoms with van der Waals surface area (Å²) in [6.45, 7) is 0.585. The molecule has 4 heterocycles. The zero-order valence-corrected chi connectivity index (χ0v) is 15.6. The Morgan fingerprint density at radius 3 is 2.76 bits per heavy atom. The van der Waals surface area contributed by atoms with Crippen LogP contribution in [-0.4, -0.2) is 37.6 Å². The number of alkyl halides is 3. The van der Waals surface area contributed by atoms with E-state index in [4.69, 9.17) is 4.74 Å². The fraction of sp³-hybridized carbons (Fsp3) is 0.333. The van der Waals surface area contributed by atoms with Crippen molar-refractivity contribution in [3.63, 3.8) is 0 Å². The number of hydrogen-bond acceptors (Lipinski definition) is 5. The molecule has 1 aliphatic heterocycles. The van der Waals surface area contributed by atoms with Crippen LogP contribution in [0.4, 0.5) is 13.2 Å². The van der Waals surface area contributed by atoms with Crippen molar-refractivity contribution >= 4 is 5.91 Å². The van der Waals surface area contributed by atoms with E-state index in [2.05, 4.69) is 20.5 Å². The summed E-state index contributed by atoms with van der Waals surface area (Å²) in [7, 11) is 2.82. The summed E-state index contributed by atoms with van der Waals surface area (Å²) < 4.78 is 46.3. The summed E-state index contributed by atoms with van der Waals surface area (Å²) in [5, 5.41) is 10.7. The normalized spacial score (nSPS) is 16.0. The lowest BCUT2D eigenvalue weighted by Crippen LogP contribution is -2.28. The number of nitrogens with one attached hydrogen (secondary N) is 1. The molecule has 0 aromatic carbocycles. The second-order valence-electron chi connectivity index (χ2n) is 6.62. The van der Waals surface area contributed by atoms with Gasteiger partial charge in [0.2, 0.25) is 5.88 Å². The number of nitrogens with zero attached hydrogens (tertiary/aromatic N) is 5. The van der Waals surface area contributed by atoms with Gasteiger partial charge in [0.1, 0.15) is 5.69 Å². The van der Waals surface area contributed by atoms with E-state index in [1.807, 2.05) is 6.07 Å². The highest BCUT2D eigenvalue weighted by Crippen LogP contribution is 2.32. The third-order valence-electron chi connectivity index (χ3n) is 4.75. The van der Waals surface area contributed by atoms with Gasteiger partial charge in [0, 0.05) is 37.5 Å². The lowest BCUT2D eigenvalue weighted by molar-refractivity contribution is -0.141. The van der Waals surface area contributed by atoms with Crippen molar-refractivity contribution in [1.29, 1.82) is 0 Å². The van der Waals surface area contributed by atoms with Crippen LogP contribution in [0.5, 0.6) is 5.88 Å². The average molecular weight is 406 g/mol. The number of carbonyl (C=O) groups excluding carboxylic acids is 1. The minimum atomic E-state index is -4.61. The van der Waals surface area contributed by atoms with Gasteiger partial charge in [-0.25, -0.2) is 4.98 Å². The summed E-state index contributed by atoms with van der Waals surface area (Å²) in [5.74, 6) is -0.167. The number of halogens is 3. The largest absolute Gasteiger partial charge is 0.481 e. The summed E-state index contributed by atoms with van der Waals surface area (Å²) >= 11 is 0. The first-order valence-electron chi connectivity index (χ1n) is 8.76. The molecule has 0 radical (unpaired) electrons. The van der Waals surface area contributed by atoms with E-state index in [1.165, 1.54) is 14.2 Å². The molecule has 8 nitrogen and oxygen atoms in total. The number of pyridine rings is 1. The van der Waals surface area contributed by atoms with Crippen LogP contribution in [-0.2, 0) is 19.8 Å². The van der Waals surface area contributed by atoms with Gasteiger partial charge in [0.05, 0.1) is 24.5 Å². The number of ether oxygens (including phenoxy) is 1. The highest BCUT2D eigenvalue weighted by molar-refractivity contribution is 5.93. The van der Waals surface area contributed by atoms with Gasteiger partial charge in [-0.2, -0.15) is 23.4 Å². The minimum Gasteiger partial charge on any atom is -0.481 e. The van der Waals surface area contributed by atoms with Gasteiger partial charge in [-0.1, -0.05) is 0 Å². The van der Waals surface area contributed by atoms with Crippen molar-refractivity contribution in [2.45, 2.75) is 25.2 Å². The number of methoxy groups -OCH3 is 1. The number of rotatable bonds is 4. The van der Waals surface area contributed by atoms with Gasteiger partial charge >= 0.3 is 6.18 Å². The molecule has 0 unspecified atom stereocenters. The average Bonchev–Trinajstić information content (AvgIpc) is 3.36. The monoisotopic (exact) mass is 406 g/mol. The number of carbonyl (C=O) groups is 1. The molecule has 3 aromatic heterocycles. The molecule has 1 amide bonds. The molecule has 4 rings (SSSR count). The van der Waals surface area contributed by atoms with E-state index in [1.54, 1.807) is 23.0 Å². The maximum Gasteiger partial charge on any atom is 0.435 e. The lowest BCUT2D eigenvalue weighted by atomic mass is 10.1. The predicted molar refractivity (Wildman–Crippen MR) is 95.0 cm³/mol. The highest BCUT2D eigenvalue weighted by Gasteiger charge is 2.36. The second-order valence-corrected chi connectivity index (χ2v) is 6.62. The van der Waals surface area contributed by atoms with Crippen LogP contribution in [0.25, 0.3) is 11.3 Å². The molecule has 3 aromatic rings. The molecule has 1 aliphatic rings. The van der Waals surface area contributed by atoms with E-state index in [9.17, 15) is 18.0 Å². The summed E-state index contributed by atoms with van der Waals surface area (Å²) in [6.07, 6.45) is -2.40. The first kappa shape index (κ1) is 19.0. The maximum atomic E-state index is 12.8. The van der Waals surface area contributed by atoms with Gasteiger partial charge in [-0.15, -0.1) is 0 Å². The maximum absolute atomic E-state index is 12.8. The molecule has 1 atom stereocenters. The summed E-state index contributed by atoms with van der Waals surface area (Å²) in [6, 6.07) is 5.77. The van der Waals surface area contributed by atoms with Crippen molar-refractivity contribution in [2.75, 3.05) is 7.11 Å². The molecule has 152 valence electrons. The molecule has 0 fully saturated rings. The van der Waals surface area contributed by atoms with Crippen LogP contribution < -0.4 is 10.1 Å². The molecule has 0 saturated heterocycles. The molecule has 0 spiro atoms. The Morgan fingerprint density at radius 1 is 1.28 bits per heavy atom. The van der Waals surface area contributed by atoms with Crippen molar-refractivity contribution in [3.8, 4) is 17.1 Å². The van der Waals surface area contributed by atoms with E-state index >= 15 is 0 Å². The zero-order valence-electron chi connectivity index (χ0n) is 15.6. The SMILES string of the molecule is COc1cc(-c2cc3n(n2)CC[C@@H]3NC(=O)c2cc(C(F)(F)F)nn2C)ccn1. The number of amides is 1. The molecular weight excluding hydrogens is 389 g/mol. The smallest absolute Gasteiger partial charge is 0.435 e. The number of hydrogen-bond donors (Lipinski definition) is 1. The Hall–Kier alpha value is -3.37. The molecule has 1 N–H and O–H groups in total. The predicted octanol–water partition coefficient (Wildman–Crippen LogP) is 2.58. The third kappa shape index (κ3) is 3.55. The van der Waals surface area contributed by atoms with E-state index in [-0.39, 0.29) is 11.7 Å². The quantitative estimate of drug-likeness (QED) is 0.720. The number of aryl methyl sites for hydroxylation is 2. The molecular formula is C18H17F3N6O2. The second kappa shape index (κ2) is 6.90. The first-order valence-corrected chi connectivity index (χ1v) is 8.76. The molecule has 0 aliphatic carbocycles. The molecule has 0 bridgehead atoms. The van der Waals surface area contributed by atoms with Crippen LogP contribution in [0.3, 0.4) is 0 Å². The van der Waals surface area contributed by atoms with Gasteiger partial charge in [0.15, 0.2) is 5.69 Å². The number of fused-ring (bicyclic) bond motifs is 1. The Morgan fingerprint density at radius 2 is 2.07 bits per heavy atom. The van der Waals surface area contributed by atoms with Gasteiger partial charge < -0.3 is 10.1 Å². The third-order valence-corrected chi connectivity index (χ3v) is 4.75. The van der Waals surface area contributed by atoms with Crippen molar-refractivity contribution < 1.29 is 22.7 Å². The van der Waals surface area contributed by atoms with Crippen LogP contribution in [0.1, 0.15) is 34.3 Å². The van der Waals surface area contributed by atoms with E-state index in [0.717, 1.165) is 22.0 Å². The topological polar surface area (TPSA) is 86.9 Å². The van der Waals surface area contributed by atoms with Crippen molar-refractivity contribution in [2.24, 2.45) is 7.05 Å². The molecule has 29 heavy (non-hydrogen) atoms. The van der Waals surface area contributed by atoms with Crippen LogP contribution >= 0.6 is 0 Å². The van der Waals surface area contributed by atoms with Crippen molar-refractivity contribution in [1.82, 2.24) is 29.9 Å². The minimum absolute atomic E-state index is 0.158. The Bertz CT molecular complexity index is 1070. The number of aromatic nitrogens is 5. The Balaban J connectivity index is 1.55. The first-order chi connectivity index (χ1) is 13.8. The fourth-order valence-electron chi connectivity index (χ4n) is 3.31. The Labute approximate surface area is 163 Å². The summed E-state index contributed by atoms with van der Waals surface area (Å²) in [4.78, 5) is 16.6. The molecule has 0 saturated carbocycles. The van der Waals surface area contributed by atoms with E-state index < -0.39 is 17.8 Å².